The van der Waals surface area contributed by atoms with Gasteiger partial charge in [0, 0.05) is 30.1 Å². The van der Waals surface area contributed by atoms with Crippen LogP contribution in [0.4, 0.5) is 0 Å². The molecule has 0 spiro atoms. The number of hydrogen-bond acceptors (Lipinski definition) is 2. The van der Waals surface area contributed by atoms with Crippen molar-refractivity contribution in [2.75, 3.05) is 6.54 Å². The summed E-state index contributed by atoms with van der Waals surface area (Å²) < 4.78 is 0. The van der Waals surface area contributed by atoms with E-state index >= 15 is 0 Å². The van der Waals surface area contributed by atoms with Gasteiger partial charge in [0.1, 0.15) is 0 Å². The van der Waals surface area contributed by atoms with Crippen molar-refractivity contribution >= 4 is 17.5 Å². The van der Waals surface area contributed by atoms with Crippen molar-refractivity contribution in [2.24, 2.45) is 0 Å². The van der Waals surface area contributed by atoms with Crippen molar-refractivity contribution in [3.8, 4) is 0 Å². The first-order valence-electron chi connectivity index (χ1n) is 6.13. The molecule has 100 valence electrons. The summed E-state index contributed by atoms with van der Waals surface area (Å²) in [6.07, 6.45) is 0.474. The normalized spacial score (nSPS) is 11.3. The van der Waals surface area contributed by atoms with Gasteiger partial charge in [0.15, 0.2) is 0 Å². The summed E-state index contributed by atoms with van der Waals surface area (Å²) in [5.41, 5.74) is 0.884. The van der Waals surface area contributed by atoms with Gasteiger partial charge < -0.3 is 10.6 Å². The smallest absolute Gasteiger partial charge is 0.221 e. The average Bonchev–Trinajstić information content (AvgIpc) is 2.24. The van der Waals surface area contributed by atoms with E-state index in [1.54, 1.807) is 0 Å². The Morgan fingerprint density at radius 1 is 1.28 bits per heavy atom. The Hall–Kier alpha value is -1.06. The molecule has 1 amide bonds. The lowest BCUT2D eigenvalue weighted by molar-refractivity contribution is -0.122. The second-order valence-electron chi connectivity index (χ2n) is 5.32. The molecule has 1 aromatic carbocycles. The highest BCUT2D eigenvalue weighted by Crippen LogP contribution is 2.14. The van der Waals surface area contributed by atoms with E-state index in [1.165, 1.54) is 0 Å². The van der Waals surface area contributed by atoms with E-state index in [1.807, 2.05) is 45.0 Å². The third-order valence-electron chi connectivity index (χ3n) is 2.32. The largest absolute Gasteiger partial charge is 0.351 e. The van der Waals surface area contributed by atoms with Gasteiger partial charge in [-0.15, -0.1) is 0 Å². The molecule has 0 aliphatic rings. The summed E-state index contributed by atoms with van der Waals surface area (Å²) in [4.78, 5) is 11.6. The van der Waals surface area contributed by atoms with Gasteiger partial charge in [0.05, 0.1) is 0 Å². The summed E-state index contributed by atoms with van der Waals surface area (Å²) in [5, 5.41) is 6.89. The first-order valence-corrected chi connectivity index (χ1v) is 6.51. The predicted molar refractivity (Wildman–Crippen MR) is 75.7 cm³/mol. The Kier molecular flexibility index (Phi) is 5.63. The number of amides is 1. The lowest BCUT2D eigenvalue weighted by atomic mass is 10.1. The molecule has 0 aliphatic heterocycles. The van der Waals surface area contributed by atoms with Crippen molar-refractivity contribution < 1.29 is 4.79 Å². The maximum absolute atomic E-state index is 11.6. The second-order valence-corrected chi connectivity index (χ2v) is 5.72. The number of rotatable bonds is 5. The van der Waals surface area contributed by atoms with Gasteiger partial charge >= 0.3 is 0 Å². The van der Waals surface area contributed by atoms with Crippen LogP contribution in [0.15, 0.2) is 24.3 Å². The molecule has 2 N–H and O–H groups in total. The third-order valence-corrected chi connectivity index (χ3v) is 2.69. The van der Waals surface area contributed by atoms with Crippen molar-refractivity contribution in [3.63, 3.8) is 0 Å². The van der Waals surface area contributed by atoms with Crippen LogP contribution in [-0.4, -0.2) is 18.0 Å². The zero-order valence-corrected chi connectivity index (χ0v) is 12.0. The average molecular weight is 269 g/mol. The molecular weight excluding hydrogens is 248 g/mol. The van der Waals surface area contributed by atoms with Crippen LogP contribution < -0.4 is 10.6 Å². The highest BCUT2D eigenvalue weighted by Gasteiger charge is 2.12. The minimum atomic E-state index is -0.167. The number of benzene rings is 1. The van der Waals surface area contributed by atoms with Crippen molar-refractivity contribution in [3.05, 3.63) is 34.9 Å². The van der Waals surface area contributed by atoms with E-state index in [2.05, 4.69) is 10.6 Å². The fourth-order valence-electron chi connectivity index (χ4n) is 1.55. The van der Waals surface area contributed by atoms with Gasteiger partial charge in [-0.25, -0.2) is 0 Å². The van der Waals surface area contributed by atoms with Crippen LogP contribution in [-0.2, 0) is 11.3 Å². The van der Waals surface area contributed by atoms with E-state index in [4.69, 9.17) is 11.6 Å². The molecule has 0 aromatic heterocycles. The maximum atomic E-state index is 11.6. The van der Waals surface area contributed by atoms with Crippen LogP contribution in [0.2, 0.25) is 5.02 Å². The first-order chi connectivity index (χ1) is 8.38. The Morgan fingerprint density at radius 3 is 2.56 bits per heavy atom. The summed E-state index contributed by atoms with van der Waals surface area (Å²) in [7, 11) is 0. The molecule has 4 heteroatoms. The Morgan fingerprint density at radius 2 is 1.94 bits per heavy atom. The molecule has 0 fully saturated rings. The minimum Gasteiger partial charge on any atom is -0.351 e. The van der Waals surface area contributed by atoms with E-state index in [0.29, 0.717) is 19.5 Å². The van der Waals surface area contributed by atoms with Crippen molar-refractivity contribution in [1.82, 2.24) is 10.6 Å². The van der Waals surface area contributed by atoms with Crippen molar-refractivity contribution in [2.45, 2.75) is 39.3 Å². The molecule has 0 saturated heterocycles. The van der Waals surface area contributed by atoms with Gasteiger partial charge in [0.2, 0.25) is 5.91 Å². The Balaban J connectivity index is 2.23. The fourth-order valence-corrected chi connectivity index (χ4v) is 1.75. The van der Waals surface area contributed by atoms with Gasteiger partial charge in [0.25, 0.3) is 0 Å². The number of nitrogens with one attached hydrogen (secondary N) is 2. The monoisotopic (exact) mass is 268 g/mol. The number of carbonyl (C=O) groups excluding carboxylic acids is 1. The standard InChI is InChI=1S/C14H21ClN2O/c1-14(2,3)17-13(18)8-9-16-10-11-6-4-5-7-12(11)15/h4-7,16H,8-10H2,1-3H3,(H,17,18). The highest BCUT2D eigenvalue weighted by molar-refractivity contribution is 6.31. The zero-order chi connectivity index (χ0) is 13.6. The molecule has 0 atom stereocenters. The van der Waals surface area contributed by atoms with E-state index < -0.39 is 0 Å². The third kappa shape index (κ3) is 6.03. The molecule has 0 saturated carbocycles. The SMILES string of the molecule is CC(C)(C)NC(=O)CCNCc1ccccc1Cl. The molecule has 0 bridgehead atoms. The molecule has 0 unspecified atom stereocenters. The Labute approximate surface area is 114 Å². The fraction of sp³-hybridized carbons (Fsp3) is 0.500. The summed E-state index contributed by atoms with van der Waals surface area (Å²) in [5.74, 6) is 0.0640. The lowest BCUT2D eigenvalue weighted by Crippen LogP contribution is -2.41. The van der Waals surface area contributed by atoms with Crippen LogP contribution in [0, 0.1) is 0 Å². The number of carbonyl (C=O) groups is 1. The maximum Gasteiger partial charge on any atom is 0.221 e. The molecule has 18 heavy (non-hydrogen) atoms. The highest BCUT2D eigenvalue weighted by atomic mass is 35.5. The number of hydrogen-bond donors (Lipinski definition) is 2. The van der Waals surface area contributed by atoms with Crippen molar-refractivity contribution in [1.29, 1.82) is 0 Å². The van der Waals surface area contributed by atoms with E-state index in [0.717, 1.165) is 10.6 Å². The molecule has 0 aliphatic carbocycles. The zero-order valence-electron chi connectivity index (χ0n) is 11.2. The molecule has 3 nitrogen and oxygen atoms in total. The van der Waals surface area contributed by atoms with Gasteiger partial charge in [-0.05, 0) is 32.4 Å². The first kappa shape index (κ1) is 15.0. The summed E-state index contributed by atoms with van der Waals surface area (Å²) in [6, 6.07) is 7.70. The van der Waals surface area contributed by atoms with E-state index in [9.17, 15) is 4.79 Å². The molecule has 0 radical (unpaired) electrons. The quantitative estimate of drug-likeness (QED) is 0.807. The lowest BCUT2D eigenvalue weighted by Gasteiger charge is -2.20. The summed E-state index contributed by atoms with van der Waals surface area (Å²) in [6.45, 7) is 7.25. The van der Waals surface area contributed by atoms with E-state index in [-0.39, 0.29) is 11.4 Å². The topological polar surface area (TPSA) is 41.1 Å². The van der Waals surface area contributed by atoms with Crippen LogP contribution in [0.1, 0.15) is 32.8 Å². The minimum absolute atomic E-state index is 0.0640. The van der Waals surface area contributed by atoms with Crippen LogP contribution >= 0.6 is 11.6 Å². The number of halogens is 1. The molecule has 1 aromatic rings. The van der Waals surface area contributed by atoms with Crippen LogP contribution in [0.5, 0.6) is 0 Å². The molecule has 1 rings (SSSR count). The van der Waals surface area contributed by atoms with Gasteiger partial charge in [-0.2, -0.15) is 0 Å². The summed E-state index contributed by atoms with van der Waals surface area (Å²) >= 11 is 6.03. The molecular formula is C14H21ClN2O. The predicted octanol–water partition coefficient (Wildman–Crippen LogP) is 2.73. The molecule has 0 heterocycles. The van der Waals surface area contributed by atoms with Crippen LogP contribution in [0.3, 0.4) is 0 Å². The van der Waals surface area contributed by atoms with Gasteiger partial charge in [-0.1, -0.05) is 29.8 Å². The second kappa shape index (κ2) is 6.76. The van der Waals surface area contributed by atoms with Crippen LogP contribution in [0.25, 0.3) is 0 Å². The Bertz CT molecular complexity index is 399. The van der Waals surface area contributed by atoms with Gasteiger partial charge in [-0.3, -0.25) is 4.79 Å².